The summed E-state index contributed by atoms with van der Waals surface area (Å²) in [5, 5.41) is 30.2. The van der Waals surface area contributed by atoms with E-state index in [9.17, 15) is 25.0 Å². The minimum Gasteiger partial charge on any atom is -0.267 e. The van der Waals surface area contributed by atoms with Crippen LogP contribution in [0.15, 0.2) is 77.4 Å². The summed E-state index contributed by atoms with van der Waals surface area (Å²) in [6.07, 6.45) is 3.51. The second-order valence-corrected chi connectivity index (χ2v) is 10.6. The molecule has 1 saturated carbocycles. The SMILES string of the molecule is C[C@@H]1C/C(=C\c2ccc(Cl)cc2)C2=NN(C(=O)c3ccc([N+](=O)[O-])cc3[N+](=O)[O-])[C@H](c3ccc(Cl)cc3)[C@H]2C1. The Labute approximate surface area is 233 Å². The molecular formula is C28H22Cl2N4O5. The Morgan fingerprint density at radius 3 is 2.23 bits per heavy atom. The molecule has 0 unspecified atom stereocenters. The Morgan fingerprint density at radius 1 is 0.974 bits per heavy atom. The van der Waals surface area contributed by atoms with E-state index in [1.807, 2.05) is 30.3 Å². The Morgan fingerprint density at radius 2 is 1.62 bits per heavy atom. The average molecular weight is 565 g/mol. The van der Waals surface area contributed by atoms with Crippen molar-refractivity contribution in [3.63, 3.8) is 0 Å². The number of amides is 1. The van der Waals surface area contributed by atoms with Gasteiger partial charge in [0.15, 0.2) is 0 Å². The molecule has 9 nitrogen and oxygen atoms in total. The molecule has 1 aliphatic carbocycles. The molecule has 0 bridgehead atoms. The number of hydrogen-bond acceptors (Lipinski definition) is 6. The maximum Gasteiger partial charge on any atom is 0.289 e. The van der Waals surface area contributed by atoms with E-state index in [0.717, 1.165) is 53.5 Å². The molecule has 3 aromatic carbocycles. The lowest BCUT2D eigenvalue weighted by molar-refractivity contribution is -0.394. The highest BCUT2D eigenvalue weighted by Crippen LogP contribution is 2.47. The van der Waals surface area contributed by atoms with Gasteiger partial charge in [0.05, 0.1) is 27.7 Å². The molecule has 3 aromatic rings. The van der Waals surface area contributed by atoms with Crippen LogP contribution in [0.25, 0.3) is 6.08 Å². The summed E-state index contributed by atoms with van der Waals surface area (Å²) in [5.41, 5.74) is 2.02. The first-order valence-electron chi connectivity index (χ1n) is 12.2. The molecular weight excluding hydrogens is 543 g/mol. The van der Waals surface area contributed by atoms with Crippen LogP contribution in [0.4, 0.5) is 11.4 Å². The molecule has 0 radical (unpaired) electrons. The highest BCUT2D eigenvalue weighted by molar-refractivity contribution is 6.30. The summed E-state index contributed by atoms with van der Waals surface area (Å²) in [6, 6.07) is 16.9. The Balaban J connectivity index is 1.64. The van der Waals surface area contributed by atoms with Crippen LogP contribution in [0.1, 0.15) is 47.3 Å². The van der Waals surface area contributed by atoms with Crippen molar-refractivity contribution in [2.45, 2.75) is 25.8 Å². The van der Waals surface area contributed by atoms with Gasteiger partial charge in [-0.3, -0.25) is 25.0 Å². The smallest absolute Gasteiger partial charge is 0.267 e. The number of non-ortho nitro benzene ring substituents is 1. The first kappa shape index (κ1) is 26.5. The number of carbonyl (C=O) groups is 1. The standard InChI is InChI=1S/C28H22Cl2N4O5/c1-16-12-19(14-17-2-6-20(29)7-3-17)26-24(13-16)27(18-4-8-21(30)9-5-18)32(31-26)28(35)23-11-10-22(33(36)37)15-25(23)34(38)39/h2-11,14-16,24,27H,12-13H2,1H3/b19-14+/t16-,24+,27-/m1/s1. The highest BCUT2D eigenvalue weighted by Gasteiger charge is 2.46. The zero-order chi connectivity index (χ0) is 27.8. The normalized spacial score (nSPS) is 21.4. The molecule has 1 aliphatic heterocycles. The second-order valence-electron chi connectivity index (χ2n) is 9.72. The number of fused-ring (bicyclic) bond motifs is 1. The van der Waals surface area contributed by atoms with E-state index in [1.165, 1.54) is 5.01 Å². The minimum absolute atomic E-state index is 0.172. The van der Waals surface area contributed by atoms with Gasteiger partial charge in [-0.15, -0.1) is 0 Å². The number of nitro benzene ring substituents is 2. The third kappa shape index (κ3) is 5.28. The van der Waals surface area contributed by atoms with Gasteiger partial charge in [0, 0.05) is 22.0 Å². The van der Waals surface area contributed by atoms with Gasteiger partial charge in [-0.25, -0.2) is 5.01 Å². The van der Waals surface area contributed by atoms with Crippen LogP contribution < -0.4 is 0 Å². The zero-order valence-corrected chi connectivity index (χ0v) is 22.2. The van der Waals surface area contributed by atoms with Crippen LogP contribution in [0, 0.1) is 32.1 Å². The van der Waals surface area contributed by atoms with Crippen molar-refractivity contribution in [2.24, 2.45) is 16.9 Å². The molecule has 0 aromatic heterocycles. The van der Waals surface area contributed by atoms with Gasteiger partial charge in [-0.05, 0) is 71.9 Å². The molecule has 0 N–H and O–H groups in total. The number of nitrogens with zero attached hydrogens (tertiary/aromatic N) is 4. The van der Waals surface area contributed by atoms with Crippen molar-refractivity contribution in [3.8, 4) is 0 Å². The lowest BCUT2D eigenvalue weighted by Gasteiger charge is -2.32. The van der Waals surface area contributed by atoms with Crippen molar-refractivity contribution in [1.29, 1.82) is 0 Å². The lowest BCUT2D eigenvalue weighted by Crippen LogP contribution is -2.33. The van der Waals surface area contributed by atoms with E-state index in [4.69, 9.17) is 28.3 Å². The monoisotopic (exact) mass is 564 g/mol. The predicted molar refractivity (Wildman–Crippen MR) is 149 cm³/mol. The average Bonchev–Trinajstić information content (AvgIpc) is 3.29. The molecule has 3 atom stereocenters. The van der Waals surface area contributed by atoms with Crippen molar-refractivity contribution in [2.75, 3.05) is 0 Å². The van der Waals surface area contributed by atoms with Crippen LogP contribution >= 0.6 is 23.2 Å². The highest BCUT2D eigenvalue weighted by atomic mass is 35.5. The topological polar surface area (TPSA) is 119 Å². The van der Waals surface area contributed by atoms with Crippen LogP contribution in [0.3, 0.4) is 0 Å². The van der Waals surface area contributed by atoms with Gasteiger partial charge < -0.3 is 0 Å². The second kappa shape index (κ2) is 10.6. The Hall–Kier alpha value is -4.08. The molecule has 0 spiro atoms. The van der Waals surface area contributed by atoms with Crippen molar-refractivity contribution >= 4 is 52.3 Å². The molecule has 198 valence electrons. The first-order chi connectivity index (χ1) is 18.6. The summed E-state index contributed by atoms with van der Waals surface area (Å²) in [6.45, 7) is 2.14. The first-order valence-corrected chi connectivity index (χ1v) is 12.9. The van der Waals surface area contributed by atoms with Gasteiger partial charge in [0.25, 0.3) is 17.3 Å². The summed E-state index contributed by atoms with van der Waals surface area (Å²) in [7, 11) is 0. The molecule has 39 heavy (non-hydrogen) atoms. The van der Waals surface area contributed by atoms with Gasteiger partial charge >= 0.3 is 0 Å². The van der Waals surface area contributed by atoms with E-state index in [-0.39, 0.29) is 17.4 Å². The molecule has 1 heterocycles. The Bertz CT molecular complexity index is 1540. The molecule has 11 heteroatoms. The van der Waals surface area contributed by atoms with Crippen molar-refractivity contribution in [1.82, 2.24) is 5.01 Å². The summed E-state index contributed by atoms with van der Waals surface area (Å²) in [4.78, 5) is 35.4. The van der Waals surface area contributed by atoms with Crippen LogP contribution in [0.5, 0.6) is 0 Å². The van der Waals surface area contributed by atoms with E-state index >= 15 is 0 Å². The number of hydrogen-bond donors (Lipinski definition) is 0. The van der Waals surface area contributed by atoms with E-state index < -0.39 is 33.2 Å². The zero-order valence-electron chi connectivity index (χ0n) is 20.7. The molecule has 5 rings (SSSR count). The lowest BCUT2D eigenvalue weighted by atomic mass is 9.73. The van der Waals surface area contributed by atoms with Crippen LogP contribution in [-0.2, 0) is 0 Å². The number of nitro groups is 2. The molecule has 1 fully saturated rings. The summed E-state index contributed by atoms with van der Waals surface area (Å²) >= 11 is 12.2. The van der Waals surface area contributed by atoms with Gasteiger partial charge in [-0.1, -0.05) is 54.4 Å². The number of halogens is 2. The third-order valence-electron chi connectivity index (χ3n) is 7.01. The van der Waals surface area contributed by atoms with Gasteiger partial charge in [-0.2, -0.15) is 5.10 Å². The number of benzene rings is 3. The summed E-state index contributed by atoms with van der Waals surface area (Å²) in [5.74, 6) is -0.600. The number of rotatable bonds is 5. The minimum atomic E-state index is -0.790. The molecule has 0 saturated heterocycles. The molecule has 1 amide bonds. The van der Waals surface area contributed by atoms with Crippen molar-refractivity contribution < 1.29 is 14.6 Å². The Kier molecular flexibility index (Phi) is 7.20. The van der Waals surface area contributed by atoms with Gasteiger partial charge in [0.2, 0.25) is 0 Å². The quantitative estimate of drug-likeness (QED) is 0.235. The number of hydrazone groups is 1. The number of allylic oxidation sites excluding steroid dienone is 1. The summed E-state index contributed by atoms with van der Waals surface area (Å²) < 4.78 is 0. The van der Waals surface area contributed by atoms with Crippen LogP contribution in [0.2, 0.25) is 10.0 Å². The van der Waals surface area contributed by atoms with Crippen LogP contribution in [-0.4, -0.2) is 26.5 Å². The maximum absolute atomic E-state index is 13.9. The third-order valence-corrected chi connectivity index (χ3v) is 7.52. The predicted octanol–water partition coefficient (Wildman–Crippen LogP) is 7.49. The maximum atomic E-state index is 13.9. The van der Waals surface area contributed by atoms with Gasteiger partial charge in [0.1, 0.15) is 5.56 Å². The van der Waals surface area contributed by atoms with E-state index in [1.54, 1.807) is 24.3 Å². The fourth-order valence-electron chi connectivity index (χ4n) is 5.30. The van der Waals surface area contributed by atoms with E-state index in [2.05, 4.69) is 6.92 Å². The number of carbonyl (C=O) groups excluding carboxylic acids is 1. The fourth-order valence-corrected chi connectivity index (χ4v) is 5.55. The molecule has 2 aliphatic rings. The fraction of sp³-hybridized carbons (Fsp3) is 0.214. The largest absolute Gasteiger partial charge is 0.289 e. The van der Waals surface area contributed by atoms with E-state index in [0.29, 0.717) is 10.0 Å². The van der Waals surface area contributed by atoms with Crippen molar-refractivity contribution in [3.05, 3.63) is 119 Å².